The number of carbonyl (C=O) groups excluding carboxylic acids is 2. The summed E-state index contributed by atoms with van der Waals surface area (Å²) in [6.07, 6.45) is 0.315. The summed E-state index contributed by atoms with van der Waals surface area (Å²) in [6, 6.07) is 3.89. The van der Waals surface area contributed by atoms with E-state index in [1.807, 2.05) is 0 Å². The van der Waals surface area contributed by atoms with Crippen molar-refractivity contribution < 1.29 is 18.7 Å². The summed E-state index contributed by atoms with van der Waals surface area (Å²) in [4.78, 5) is 25.0. The van der Waals surface area contributed by atoms with Crippen LogP contribution in [0.4, 0.5) is 4.39 Å². The van der Waals surface area contributed by atoms with Crippen molar-refractivity contribution in [1.29, 1.82) is 0 Å². The lowest BCUT2D eigenvalue weighted by molar-refractivity contribution is -0.145. The van der Waals surface area contributed by atoms with E-state index >= 15 is 0 Å². The molecular formula is C14H15FN2O3. The zero-order valence-electron chi connectivity index (χ0n) is 11.1. The molecule has 1 fully saturated rings. The first-order valence-electron chi connectivity index (χ1n) is 6.57. The largest absolute Gasteiger partial charge is 0.488 e. The van der Waals surface area contributed by atoms with Gasteiger partial charge in [0, 0.05) is 12.0 Å². The van der Waals surface area contributed by atoms with E-state index in [-0.39, 0.29) is 30.3 Å². The average Bonchev–Trinajstić information content (AvgIpc) is 2.81. The van der Waals surface area contributed by atoms with Crippen molar-refractivity contribution >= 4 is 11.8 Å². The van der Waals surface area contributed by atoms with Gasteiger partial charge in [0.15, 0.2) is 0 Å². The molecule has 0 aliphatic carbocycles. The molecule has 2 aliphatic heterocycles. The van der Waals surface area contributed by atoms with Crippen molar-refractivity contribution in [3.05, 3.63) is 29.6 Å². The Morgan fingerprint density at radius 3 is 3.05 bits per heavy atom. The number of rotatable bonds is 2. The first-order valence-corrected chi connectivity index (χ1v) is 6.57. The Hall–Kier alpha value is -2.11. The number of benzene rings is 1. The molecule has 0 spiro atoms. The number of hydrogen-bond donors (Lipinski definition) is 1. The topological polar surface area (TPSA) is 58.6 Å². The van der Waals surface area contributed by atoms with Gasteiger partial charge in [-0.2, -0.15) is 0 Å². The maximum atomic E-state index is 13.1. The van der Waals surface area contributed by atoms with E-state index in [0.29, 0.717) is 18.7 Å². The predicted octanol–water partition coefficient (Wildman–Crippen LogP) is 0.476. The molecule has 2 amide bonds. The minimum atomic E-state index is -0.500. The van der Waals surface area contributed by atoms with Gasteiger partial charge in [-0.15, -0.1) is 0 Å². The summed E-state index contributed by atoms with van der Waals surface area (Å²) < 4.78 is 18.9. The Labute approximate surface area is 115 Å². The van der Waals surface area contributed by atoms with Crippen molar-refractivity contribution in [2.45, 2.75) is 25.5 Å². The lowest BCUT2D eigenvalue weighted by atomic mass is 10.1. The maximum absolute atomic E-state index is 13.1. The van der Waals surface area contributed by atoms with Crippen molar-refractivity contribution in [1.82, 2.24) is 10.2 Å². The molecule has 1 aromatic carbocycles. The van der Waals surface area contributed by atoms with Crippen LogP contribution < -0.4 is 10.1 Å². The van der Waals surface area contributed by atoms with Gasteiger partial charge in [-0.1, -0.05) is 0 Å². The van der Waals surface area contributed by atoms with Crippen LogP contribution in [0.3, 0.4) is 0 Å². The molecule has 0 saturated carbocycles. The van der Waals surface area contributed by atoms with Gasteiger partial charge < -0.3 is 15.0 Å². The minimum Gasteiger partial charge on any atom is -0.488 e. The number of amides is 2. The first kappa shape index (κ1) is 12.9. The maximum Gasteiger partial charge on any atom is 0.242 e. The highest BCUT2D eigenvalue weighted by Crippen LogP contribution is 2.30. The normalized spacial score (nSPS) is 25.2. The van der Waals surface area contributed by atoms with Crippen LogP contribution in [0.5, 0.6) is 5.75 Å². The zero-order valence-corrected chi connectivity index (χ0v) is 11.1. The number of halogens is 1. The highest BCUT2D eigenvalue weighted by atomic mass is 19.1. The molecule has 2 heterocycles. The van der Waals surface area contributed by atoms with Gasteiger partial charge in [-0.3, -0.25) is 9.59 Å². The van der Waals surface area contributed by atoms with E-state index in [2.05, 4.69) is 5.32 Å². The molecule has 0 radical (unpaired) electrons. The lowest BCUT2D eigenvalue weighted by Crippen LogP contribution is -2.59. The van der Waals surface area contributed by atoms with Crippen LogP contribution >= 0.6 is 0 Å². The Morgan fingerprint density at radius 2 is 2.25 bits per heavy atom. The Morgan fingerprint density at radius 1 is 1.45 bits per heavy atom. The van der Waals surface area contributed by atoms with Gasteiger partial charge in [0.2, 0.25) is 11.8 Å². The number of fused-ring (bicyclic) bond motifs is 1. The monoisotopic (exact) mass is 278 g/mol. The van der Waals surface area contributed by atoms with Crippen molar-refractivity contribution in [3.63, 3.8) is 0 Å². The number of nitrogens with zero attached hydrogens (tertiary/aromatic N) is 1. The smallest absolute Gasteiger partial charge is 0.242 e. The van der Waals surface area contributed by atoms with Crippen LogP contribution in [0, 0.1) is 5.82 Å². The van der Waals surface area contributed by atoms with Crippen molar-refractivity contribution in [2.24, 2.45) is 0 Å². The van der Waals surface area contributed by atoms with E-state index in [0.717, 1.165) is 5.56 Å². The fraction of sp³-hybridized carbons (Fsp3) is 0.429. The summed E-state index contributed by atoms with van der Waals surface area (Å²) in [5, 5.41) is 2.54. The second-order valence-electron chi connectivity index (χ2n) is 5.14. The third-order valence-corrected chi connectivity index (χ3v) is 3.75. The van der Waals surface area contributed by atoms with Gasteiger partial charge in [0.25, 0.3) is 0 Å². The van der Waals surface area contributed by atoms with Crippen LogP contribution in [0.2, 0.25) is 0 Å². The molecule has 1 N–H and O–H groups in total. The van der Waals surface area contributed by atoms with E-state index in [1.165, 1.54) is 17.0 Å². The van der Waals surface area contributed by atoms with Gasteiger partial charge >= 0.3 is 0 Å². The van der Waals surface area contributed by atoms with Crippen molar-refractivity contribution in [2.75, 3.05) is 13.1 Å². The van der Waals surface area contributed by atoms with Crippen LogP contribution in [0.15, 0.2) is 18.2 Å². The molecule has 5 nitrogen and oxygen atoms in total. The van der Waals surface area contributed by atoms with Crippen LogP contribution in [0.1, 0.15) is 12.5 Å². The van der Waals surface area contributed by atoms with Crippen molar-refractivity contribution in [3.8, 4) is 5.75 Å². The molecule has 106 valence electrons. The van der Waals surface area contributed by atoms with Gasteiger partial charge in [-0.25, -0.2) is 4.39 Å². The van der Waals surface area contributed by atoms with Crippen LogP contribution in [-0.4, -0.2) is 41.9 Å². The summed E-state index contributed by atoms with van der Waals surface area (Å²) >= 11 is 0. The highest BCUT2D eigenvalue weighted by Gasteiger charge is 2.34. The van der Waals surface area contributed by atoms with Crippen LogP contribution in [0.25, 0.3) is 0 Å². The standard InChI is InChI=1S/C14H15FN2O3/c1-8-14(19)16-6-13(18)17(8)7-11-5-9-4-10(15)2-3-12(9)20-11/h2-4,8,11H,5-7H2,1H3,(H,16,19). The molecule has 20 heavy (non-hydrogen) atoms. The molecule has 3 rings (SSSR count). The molecule has 0 bridgehead atoms. The Bertz CT molecular complexity index is 576. The second-order valence-corrected chi connectivity index (χ2v) is 5.14. The summed E-state index contributed by atoms with van der Waals surface area (Å²) in [5.41, 5.74) is 0.802. The van der Waals surface area contributed by atoms with Gasteiger partial charge in [0.05, 0.1) is 13.1 Å². The number of carbonyl (C=O) groups is 2. The minimum absolute atomic E-state index is 0.0253. The summed E-state index contributed by atoms with van der Waals surface area (Å²) in [7, 11) is 0. The zero-order chi connectivity index (χ0) is 14.3. The molecule has 0 aromatic heterocycles. The number of ether oxygens (including phenoxy) is 1. The summed E-state index contributed by atoms with van der Waals surface area (Å²) in [5.74, 6) is 0.0711. The molecule has 2 atom stereocenters. The highest BCUT2D eigenvalue weighted by molar-refractivity contribution is 5.94. The molecule has 2 unspecified atom stereocenters. The molecule has 2 aliphatic rings. The fourth-order valence-corrected chi connectivity index (χ4v) is 2.64. The van der Waals surface area contributed by atoms with E-state index in [9.17, 15) is 14.0 Å². The van der Waals surface area contributed by atoms with Gasteiger partial charge in [-0.05, 0) is 25.1 Å². The SMILES string of the molecule is CC1C(=O)NCC(=O)N1CC1Cc2cc(F)ccc2O1. The van der Waals surface area contributed by atoms with E-state index in [4.69, 9.17) is 4.74 Å². The average molecular weight is 278 g/mol. The van der Waals surface area contributed by atoms with Crippen LogP contribution in [-0.2, 0) is 16.0 Å². The number of hydrogen-bond acceptors (Lipinski definition) is 3. The third kappa shape index (κ3) is 2.21. The third-order valence-electron chi connectivity index (χ3n) is 3.75. The number of piperazine rings is 1. The predicted molar refractivity (Wildman–Crippen MR) is 68.7 cm³/mol. The number of nitrogens with one attached hydrogen (secondary N) is 1. The second kappa shape index (κ2) is 4.77. The Kier molecular flexibility index (Phi) is 3.08. The lowest BCUT2D eigenvalue weighted by Gasteiger charge is -2.34. The quantitative estimate of drug-likeness (QED) is 0.856. The summed E-state index contributed by atoms with van der Waals surface area (Å²) in [6.45, 7) is 2.05. The molecule has 1 aromatic rings. The first-order chi connectivity index (χ1) is 9.54. The fourth-order valence-electron chi connectivity index (χ4n) is 2.64. The Balaban J connectivity index is 1.71. The van der Waals surface area contributed by atoms with E-state index in [1.54, 1.807) is 13.0 Å². The molecule has 1 saturated heterocycles. The molecular weight excluding hydrogens is 263 g/mol. The van der Waals surface area contributed by atoms with E-state index < -0.39 is 6.04 Å². The molecule has 6 heteroatoms. The van der Waals surface area contributed by atoms with Gasteiger partial charge in [0.1, 0.15) is 23.7 Å².